The number of aryl methyl sites for hydroxylation is 1. The van der Waals surface area contributed by atoms with Crippen molar-refractivity contribution in [3.8, 4) is 0 Å². The van der Waals surface area contributed by atoms with Crippen LogP contribution in [0.3, 0.4) is 0 Å². The molecule has 2 aromatic heterocycles. The van der Waals surface area contributed by atoms with Crippen LogP contribution >= 0.6 is 0 Å². The number of carbonyl (C=O) groups is 1. The van der Waals surface area contributed by atoms with Crippen molar-refractivity contribution in [2.75, 3.05) is 0 Å². The highest BCUT2D eigenvalue weighted by Gasteiger charge is 2.18. The van der Waals surface area contributed by atoms with Gasteiger partial charge in [0.05, 0.1) is 11.7 Å². The third kappa shape index (κ3) is 2.52. The van der Waals surface area contributed by atoms with Crippen LogP contribution in [0.1, 0.15) is 34.7 Å². The molecule has 1 aromatic carbocycles. The van der Waals surface area contributed by atoms with Crippen molar-refractivity contribution in [2.24, 2.45) is 0 Å². The fraction of sp³-hybridized carbons (Fsp3) is 0.176. The molecule has 106 valence electrons. The number of rotatable bonds is 3. The number of hydrogen-bond acceptors (Lipinski definition) is 2. The van der Waals surface area contributed by atoms with Gasteiger partial charge in [0, 0.05) is 6.20 Å². The molecule has 4 nitrogen and oxygen atoms in total. The summed E-state index contributed by atoms with van der Waals surface area (Å²) >= 11 is 0. The Bertz CT molecular complexity index is 777. The minimum absolute atomic E-state index is 0.0487. The summed E-state index contributed by atoms with van der Waals surface area (Å²) in [6.07, 6.45) is 1.86. The number of hydrogen-bond donors (Lipinski definition) is 1. The molecule has 0 saturated heterocycles. The zero-order valence-electron chi connectivity index (χ0n) is 12.1. The van der Waals surface area contributed by atoms with Gasteiger partial charge in [0.2, 0.25) is 0 Å². The van der Waals surface area contributed by atoms with Crippen LogP contribution in [0.2, 0.25) is 0 Å². The summed E-state index contributed by atoms with van der Waals surface area (Å²) in [5.41, 5.74) is 3.19. The quantitative estimate of drug-likeness (QED) is 0.800. The maximum atomic E-state index is 12.6. The first-order valence-electron chi connectivity index (χ1n) is 6.96. The molecular weight excluding hydrogens is 262 g/mol. The van der Waals surface area contributed by atoms with Gasteiger partial charge in [-0.05, 0) is 31.5 Å². The highest BCUT2D eigenvalue weighted by atomic mass is 16.2. The second-order valence-electron chi connectivity index (χ2n) is 5.08. The number of carbonyl (C=O) groups excluding carboxylic acids is 1. The Morgan fingerprint density at radius 1 is 1.14 bits per heavy atom. The average Bonchev–Trinajstić information content (AvgIpc) is 2.83. The van der Waals surface area contributed by atoms with Crippen LogP contribution in [-0.4, -0.2) is 15.3 Å². The predicted octanol–water partition coefficient (Wildman–Crippen LogP) is 3.13. The van der Waals surface area contributed by atoms with E-state index in [9.17, 15) is 4.79 Å². The monoisotopic (exact) mass is 279 g/mol. The van der Waals surface area contributed by atoms with E-state index < -0.39 is 0 Å². The van der Waals surface area contributed by atoms with E-state index in [4.69, 9.17) is 0 Å². The second kappa shape index (κ2) is 5.40. The number of amides is 1. The van der Waals surface area contributed by atoms with Gasteiger partial charge in [-0.3, -0.25) is 9.20 Å². The van der Waals surface area contributed by atoms with E-state index in [1.54, 1.807) is 0 Å². The van der Waals surface area contributed by atoms with Crippen molar-refractivity contribution in [3.05, 3.63) is 71.7 Å². The van der Waals surface area contributed by atoms with Crippen LogP contribution in [0, 0.1) is 6.92 Å². The van der Waals surface area contributed by atoms with Crippen LogP contribution in [0.25, 0.3) is 5.65 Å². The summed E-state index contributed by atoms with van der Waals surface area (Å²) in [5.74, 6) is -0.109. The Morgan fingerprint density at radius 3 is 2.62 bits per heavy atom. The SMILES string of the molecule is Cc1nc2ccccn2c1C(=O)N[C@H](C)c1ccccc1. The van der Waals surface area contributed by atoms with Gasteiger partial charge in [0.25, 0.3) is 5.91 Å². The van der Waals surface area contributed by atoms with Crippen molar-refractivity contribution < 1.29 is 4.79 Å². The summed E-state index contributed by atoms with van der Waals surface area (Å²) < 4.78 is 1.82. The molecular formula is C17H17N3O. The zero-order chi connectivity index (χ0) is 14.8. The summed E-state index contributed by atoms with van der Waals surface area (Å²) in [6, 6.07) is 15.6. The molecule has 0 fully saturated rings. The average molecular weight is 279 g/mol. The Balaban J connectivity index is 1.89. The Kier molecular flexibility index (Phi) is 3.44. The van der Waals surface area contributed by atoms with Crippen molar-refractivity contribution >= 4 is 11.6 Å². The summed E-state index contributed by atoms with van der Waals surface area (Å²) in [4.78, 5) is 17.0. The summed E-state index contributed by atoms with van der Waals surface area (Å²) in [7, 11) is 0. The second-order valence-corrected chi connectivity index (χ2v) is 5.08. The first-order chi connectivity index (χ1) is 10.2. The van der Waals surface area contributed by atoms with E-state index in [0.29, 0.717) is 5.69 Å². The highest BCUT2D eigenvalue weighted by Crippen LogP contribution is 2.15. The Labute approximate surface area is 123 Å². The maximum absolute atomic E-state index is 12.6. The van der Waals surface area contributed by atoms with Gasteiger partial charge < -0.3 is 5.32 Å². The van der Waals surface area contributed by atoms with E-state index in [0.717, 1.165) is 16.9 Å². The first kappa shape index (κ1) is 13.4. The molecule has 21 heavy (non-hydrogen) atoms. The standard InChI is InChI=1S/C17H17N3O/c1-12(14-8-4-3-5-9-14)19-17(21)16-13(2)18-15-10-6-7-11-20(15)16/h3-12H,1-2H3,(H,19,21)/t12-/m1/s1. The number of imidazole rings is 1. The molecule has 0 aliphatic rings. The van der Waals surface area contributed by atoms with Crippen molar-refractivity contribution in [3.63, 3.8) is 0 Å². The predicted molar refractivity (Wildman–Crippen MR) is 82.3 cm³/mol. The van der Waals surface area contributed by atoms with Gasteiger partial charge in [-0.2, -0.15) is 0 Å². The van der Waals surface area contributed by atoms with Gasteiger partial charge >= 0.3 is 0 Å². The number of aromatic nitrogens is 2. The van der Waals surface area contributed by atoms with Crippen molar-refractivity contribution in [1.29, 1.82) is 0 Å². The van der Waals surface area contributed by atoms with Crippen LogP contribution in [0.4, 0.5) is 0 Å². The molecule has 1 N–H and O–H groups in total. The van der Waals surface area contributed by atoms with Gasteiger partial charge in [-0.15, -0.1) is 0 Å². The molecule has 2 heterocycles. The van der Waals surface area contributed by atoms with E-state index in [2.05, 4.69) is 10.3 Å². The molecule has 0 aliphatic heterocycles. The molecule has 3 aromatic rings. The van der Waals surface area contributed by atoms with Crippen molar-refractivity contribution in [1.82, 2.24) is 14.7 Å². The van der Waals surface area contributed by atoms with Gasteiger partial charge in [0.1, 0.15) is 11.3 Å². The molecule has 0 spiro atoms. The molecule has 0 unspecified atom stereocenters. The normalized spacial score (nSPS) is 12.3. The van der Waals surface area contributed by atoms with E-state index in [1.165, 1.54) is 0 Å². The molecule has 1 amide bonds. The van der Waals surface area contributed by atoms with E-state index in [1.807, 2.05) is 73.0 Å². The molecule has 0 aliphatic carbocycles. The van der Waals surface area contributed by atoms with Gasteiger partial charge in [0.15, 0.2) is 0 Å². The molecule has 0 bridgehead atoms. The number of nitrogens with one attached hydrogen (secondary N) is 1. The summed E-state index contributed by atoms with van der Waals surface area (Å²) in [6.45, 7) is 3.83. The van der Waals surface area contributed by atoms with Crippen LogP contribution in [0.15, 0.2) is 54.7 Å². The molecule has 3 rings (SSSR count). The van der Waals surface area contributed by atoms with E-state index >= 15 is 0 Å². The van der Waals surface area contributed by atoms with E-state index in [-0.39, 0.29) is 11.9 Å². The number of benzene rings is 1. The lowest BCUT2D eigenvalue weighted by atomic mass is 10.1. The minimum Gasteiger partial charge on any atom is -0.344 e. The van der Waals surface area contributed by atoms with Crippen molar-refractivity contribution in [2.45, 2.75) is 19.9 Å². The molecule has 4 heteroatoms. The minimum atomic E-state index is -0.109. The molecule has 1 atom stereocenters. The summed E-state index contributed by atoms with van der Waals surface area (Å²) in [5, 5.41) is 3.03. The number of pyridine rings is 1. The lowest BCUT2D eigenvalue weighted by molar-refractivity contribution is 0.0933. The van der Waals surface area contributed by atoms with Crippen LogP contribution in [0.5, 0.6) is 0 Å². The van der Waals surface area contributed by atoms with Crippen LogP contribution < -0.4 is 5.32 Å². The largest absolute Gasteiger partial charge is 0.344 e. The number of fused-ring (bicyclic) bond motifs is 1. The maximum Gasteiger partial charge on any atom is 0.270 e. The fourth-order valence-electron chi connectivity index (χ4n) is 2.48. The van der Waals surface area contributed by atoms with Gasteiger partial charge in [-0.1, -0.05) is 36.4 Å². The lowest BCUT2D eigenvalue weighted by Gasteiger charge is -2.14. The number of nitrogens with zero attached hydrogens (tertiary/aromatic N) is 2. The fourth-order valence-corrected chi connectivity index (χ4v) is 2.48. The molecule has 0 saturated carbocycles. The van der Waals surface area contributed by atoms with Gasteiger partial charge in [-0.25, -0.2) is 4.98 Å². The Hall–Kier alpha value is -2.62. The molecule has 0 radical (unpaired) electrons. The first-order valence-corrected chi connectivity index (χ1v) is 6.96. The third-order valence-electron chi connectivity index (χ3n) is 3.57. The smallest absolute Gasteiger partial charge is 0.270 e. The van der Waals surface area contributed by atoms with Crippen LogP contribution in [-0.2, 0) is 0 Å². The Morgan fingerprint density at radius 2 is 1.86 bits per heavy atom. The zero-order valence-corrected chi connectivity index (χ0v) is 12.1. The third-order valence-corrected chi connectivity index (χ3v) is 3.57. The lowest BCUT2D eigenvalue weighted by Crippen LogP contribution is -2.28. The highest BCUT2D eigenvalue weighted by molar-refractivity contribution is 5.94. The topological polar surface area (TPSA) is 46.4 Å².